The molecule has 0 spiro atoms. The highest BCUT2D eigenvalue weighted by molar-refractivity contribution is 4.94. The Balaban J connectivity index is 1.58. The second kappa shape index (κ2) is 4.01. The normalized spacial score (nSPS) is 42.8. The molecule has 0 aliphatic heterocycles. The highest BCUT2D eigenvalue weighted by Crippen LogP contribution is 2.52. The van der Waals surface area contributed by atoms with Crippen LogP contribution in [-0.4, -0.2) is 11.2 Å². The molecule has 16 heavy (non-hydrogen) atoms. The fraction of sp³-hybridized carbons (Fsp3) is 1.00. The largest absolute Gasteiger partial charge is 0.393 e. The first kappa shape index (κ1) is 11.1. The van der Waals surface area contributed by atoms with Crippen molar-refractivity contribution in [1.29, 1.82) is 0 Å². The average Bonchev–Trinajstić information content (AvgIpc) is 2.93. The third kappa shape index (κ3) is 1.81. The lowest BCUT2D eigenvalue weighted by atomic mass is 9.75. The van der Waals surface area contributed by atoms with Crippen LogP contribution in [0.15, 0.2) is 0 Å². The van der Waals surface area contributed by atoms with Crippen molar-refractivity contribution in [2.45, 2.75) is 70.8 Å². The first-order chi connectivity index (χ1) is 7.67. The van der Waals surface area contributed by atoms with E-state index in [-0.39, 0.29) is 11.5 Å². The Morgan fingerprint density at radius 2 is 1.94 bits per heavy atom. The third-order valence-corrected chi connectivity index (χ3v) is 5.96. The molecular weight excluding hydrogens is 196 g/mol. The van der Waals surface area contributed by atoms with Crippen molar-refractivity contribution in [3.8, 4) is 0 Å². The van der Waals surface area contributed by atoms with Gasteiger partial charge in [-0.25, -0.2) is 0 Å². The molecule has 3 aliphatic rings. The molecule has 0 heterocycles. The number of hydrogen-bond acceptors (Lipinski definition) is 1. The molecule has 3 aliphatic carbocycles. The van der Waals surface area contributed by atoms with Crippen molar-refractivity contribution >= 4 is 0 Å². The van der Waals surface area contributed by atoms with Gasteiger partial charge in [-0.3, -0.25) is 0 Å². The molecule has 4 atom stereocenters. The van der Waals surface area contributed by atoms with Crippen molar-refractivity contribution in [1.82, 2.24) is 0 Å². The van der Waals surface area contributed by atoms with Gasteiger partial charge in [-0.05, 0) is 61.7 Å². The number of aliphatic hydroxyl groups excluding tert-OH is 1. The van der Waals surface area contributed by atoms with Crippen molar-refractivity contribution in [2.75, 3.05) is 0 Å². The van der Waals surface area contributed by atoms with Gasteiger partial charge >= 0.3 is 0 Å². The summed E-state index contributed by atoms with van der Waals surface area (Å²) in [5, 5.41) is 10.5. The summed E-state index contributed by atoms with van der Waals surface area (Å²) in [6, 6.07) is 0. The summed E-state index contributed by atoms with van der Waals surface area (Å²) in [6.07, 6.45) is 12.1. The fourth-order valence-electron chi connectivity index (χ4n) is 4.75. The van der Waals surface area contributed by atoms with Crippen LogP contribution in [0, 0.1) is 23.2 Å². The van der Waals surface area contributed by atoms with Gasteiger partial charge in [0, 0.05) is 0 Å². The smallest absolute Gasteiger partial charge is 0.0596 e. The molecule has 0 aromatic rings. The van der Waals surface area contributed by atoms with Crippen LogP contribution in [-0.2, 0) is 0 Å². The summed E-state index contributed by atoms with van der Waals surface area (Å²) in [5.41, 5.74) is 0.266. The summed E-state index contributed by atoms with van der Waals surface area (Å²) >= 11 is 0. The van der Waals surface area contributed by atoms with Crippen LogP contribution in [0.1, 0.15) is 64.7 Å². The van der Waals surface area contributed by atoms with Crippen LogP contribution < -0.4 is 0 Å². The topological polar surface area (TPSA) is 20.2 Å². The zero-order valence-electron chi connectivity index (χ0n) is 10.6. The van der Waals surface area contributed by atoms with E-state index in [9.17, 15) is 5.11 Å². The molecule has 3 fully saturated rings. The highest BCUT2D eigenvalue weighted by atomic mass is 16.3. The Morgan fingerprint density at radius 1 is 1.19 bits per heavy atom. The summed E-state index contributed by atoms with van der Waals surface area (Å²) in [6.45, 7) is 2.32. The molecule has 0 aromatic carbocycles. The zero-order valence-corrected chi connectivity index (χ0v) is 10.6. The van der Waals surface area contributed by atoms with Crippen molar-refractivity contribution in [3.05, 3.63) is 0 Å². The van der Waals surface area contributed by atoms with Crippen LogP contribution >= 0.6 is 0 Å². The van der Waals surface area contributed by atoms with Gasteiger partial charge in [-0.1, -0.05) is 26.2 Å². The molecular formula is C15H26O. The lowest BCUT2D eigenvalue weighted by molar-refractivity contribution is 0.0150. The molecule has 0 amide bonds. The molecule has 0 aromatic heterocycles. The quantitative estimate of drug-likeness (QED) is 0.771. The molecule has 1 nitrogen and oxygen atoms in total. The monoisotopic (exact) mass is 222 g/mol. The molecule has 4 unspecified atom stereocenters. The van der Waals surface area contributed by atoms with E-state index in [2.05, 4.69) is 6.92 Å². The first-order valence-electron chi connectivity index (χ1n) is 7.35. The van der Waals surface area contributed by atoms with Crippen molar-refractivity contribution < 1.29 is 5.11 Å². The maximum atomic E-state index is 10.5. The lowest BCUT2D eigenvalue weighted by Crippen LogP contribution is -2.32. The SMILES string of the molecule is CC1(C(O)CC2CC3CCC2C3)CCCC1. The minimum absolute atomic E-state index is 0.0145. The molecule has 3 rings (SSSR count). The van der Waals surface area contributed by atoms with Gasteiger partial charge in [0.15, 0.2) is 0 Å². The first-order valence-corrected chi connectivity index (χ1v) is 7.35. The van der Waals surface area contributed by atoms with E-state index in [1.807, 2.05) is 0 Å². The van der Waals surface area contributed by atoms with Gasteiger partial charge in [0.25, 0.3) is 0 Å². The van der Waals surface area contributed by atoms with Crippen LogP contribution in [0.4, 0.5) is 0 Å². The van der Waals surface area contributed by atoms with Crippen LogP contribution in [0.2, 0.25) is 0 Å². The van der Waals surface area contributed by atoms with E-state index in [0.29, 0.717) is 0 Å². The lowest BCUT2D eigenvalue weighted by Gasteiger charge is -2.34. The Bertz CT molecular complexity index is 254. The molecule has 1 heteroatoms. The van der Waals surface area contributed by atoms with E-state index >= 15 is 0 Å². The third-order valence-electron chi connectivity index (χ3n) is 5.96. The van der Waals surface area contributed by atoms with Crippen LogP contribution in [0.25, 0.3) is 0 Å². The summed E-state index contributed by atoms with van der Waals surface area (Å²) in [7, 11) is 0. The predicted molar refractivity (Wildman–Crippen MR) is 66.1 cm³/mol. The molecule has 0 saturated heterocycles. The minimum Gasteiger partial charge on any atom is -0.393 e. The van der Waals surface area contributed by atoms with E-state index in [1.54, 1.807) is 0 Å². The Labute approximate surface area is 99.6 Å². The predicted octanol–water partition coefficient (Wildman–Crippen LogP) is 3.75. The molecule has 0 radical (unpaired) electrons. The van der Waals surface area contributed by atoms with E-state index in [0.717, 1.165) is 24.2 Å². The van der Waals surface area contributed by atoms with Gasteiger partial charge in [-0.15, -0.1) is 0 Å². The Morgan fingerprint density at radius 3 is 2.50 bits per heavy atom. The maximum Gasteiger partial charge on any atom is 0.0596 e. The van der Waals surface area contributed by atoms with Gasteiger partial charge < -0.3 is 5.11 Å². The number of hydrogen-bond donors (Lipinski definition) is 1. The summed E-state index contributed by atoms with van der Waals surface area (Å²) < 4.78 is 0. The van der Waals surface area contributed by atoms with Crippen LogP contribution in [0.5, 0.6) is 0 Å². The van der Waals surface area contributed by atoms with Gasteiger partial charge in [0.2, 0.25) is 0 Å². The van der Waals surface area contributed by atoms with E-state index < -0.39 is 0 Å². The summed E-state index contributed by atoms with van der Waals surface area (Å²) in [4.78, 5) is 0. The van der Waals surface area contributed by atoms with E-state index in [1.165, 1.54) is 51.4 Å². The summed E-state index contributed by atoms with van der Waals surface area (Å²) in [5.74, 6) is 2.87. The van der Waals surface area contributed by atoms with E-state index in [4.69, 9.17) is 0 Å². The second-order valence-corrected chi connectivity index (χ2v) is 7.05. The standard InChI is InChI=1S/C15H26O/c1-15(6-2-3-7-15)14(16)10-13-9-11-4-5-12(13)8-11/h11-14,16H,2-10H2,1H3. The minimum atomic E-state index is -0.0145. The Kier molecular flexibility index (Phi) is 2.78. The van der Waals surface area contributed by atoms with Crippen molar-refractivity contribution in [3.63, 3.8) is 0 Å². The molecule has 3 saturated carbocycles. The second-order valence-electron chi connectivity index (χ2n) is 7.05. The van der Waals surface area contributed by atoms with Gasteiger partial charge in [0.05, 0.1) is 6.10 Å². The molecule has 1 N–H and O–H groups in total. The highest BCUT2D eigenvalue weighted by Gasteiger charge is 2.43. The van der Waals surface area contributed by atoms with Crippen LogP contribution in [0.3, 0.4) is 0 Å². The fourth-order valence-corrected chi connectivity index (χ4v) is 4.75. The molecule has 2 bridgehead atoms. The molecule has 92 valence electrons. The average molecular weight is 222 g/mol. The van der Waals surface area contributed by atoms with Gasteiger partial charge in [-0.2, -0.15) is 0 Å². The maximum absolute atomic E-state index is 10.5. The van der Waals surface area contributed by atoms with Crippen molar-refractivity contribution in [2.24, 2.45) is 23.2 Å². The number of fused-ring (bicyclic) bond motifs is 2. The number of aliphatic hydroxyl groups is 1. The van der Waals surface area contributed by atoms with Gasteiger partial charge in [0.1, 0.15) is 0 Å². The number of rotatable bonds is 3. The zero-order chi connectivity index (χ0) is 11.2. The Hall–Kier alpha value is -0.0400.